The van der Waals surface area contributed by atoms with Crippen LogP contribution in [0.4, 0.5) is 16.0 Å². The first kappa shape index (κ1) is 15.4. The van der Waals surface area contributed by atoms with Gasteiger partial charge in [-0.2, -0.15) is 5.10 Å². The molecular formula is C15H22FN5. The molecule has 0 aliphatic heterocycles. The number of nitrogens with zero attached hydrogens (tertiary/aromatic N) is 3. The number of aromatic nitrogens is 3. The van der Waals surface area contributed by atoms with Gasteiger partial charge < -0.3 is 10.6 Å². The Morgan fingerprint density at radius 3 is 2.62 bits per heavy atom. The van der Waals surface area contributed by atoms with Gasteiger partial charge in [-0.1, -0.05) is 0 Å². The third kappa shape index (κ3) is 4.01. The van der Waals surface area contributed by atoms with Gasteiger partial charge in [0.15, 0.2) is 11.6 Å². The zero-order chi connectivity index (χ0) is 15.6. The Bertz CT molecular complexity index is 627. The maximum absolute atomic E-state index is 14.5. The molecule has 0 bridgehead atoms. The summed E-state index contributed by atoms with van der Waals surface area (Å²) in [6.07, 6.45) is 1.61. The molecule has 0 saturated heterocycles. The van der Waals surface area contributed by atoms with Crippen molar-refractivity contribution in [3.63, 3.8) is 0 Å². The fourth-order valence-corrected chi connectivity index (χ4v) is 1.92. The summed E-state index contributed by atoms with van der Waals surface area (Å²) in [5.41, 5.74) is 1.38. The van der Waals surface area contributed by atoms with Gasteiger partial charge in [-0.3, -0.25) is 4.68 Å². The zero-order valence-electron chi connectivity index (χ0n) is 13.2. The molecule has 0 atom stereocenters. The van der Waals surface area contributed by atoms with Gasteiger partial charge in [0.25, 0.3) is 0 Å². The number of aryl methyl sites for hydroxylation is 2. The van der Waals surface area contributed by atoms with Gasteiger partial charge in [0.2, 0.25) is 0 Å². The van der Waals surface area contributed by atoms with E-state index in [4.69, 9.17) is 0 Å². The summed E-state index contributed by atoms with van der Waals surface area (Å²) in [6, 6.07) is 3.54. The lowest BCUT2D eigenvalue weighted by atomic mass is 10.1. The molecule has 0 fully saturated rings. The molecule has 0 saturated carbocycles. The summed E-state index contributed by atoms with van der Waals surface area (Å²) in [5.74, 6) is 0.583. The second-order valence-corrected chi connectivity index (χ2v) is 6.16. The Kier molecular flexibility index (Phi) is 4.27. The third-order valence-corrected chi connectivity index (χ3v) is 3.03. The average Bonchev–Trinajstić information content (AvgIpc) is 2.68. The molecule has 0 radical (unpaired) electrons. The van der Waals surface area contributed by atoms with E-state index in [1.54, 1.807) is 24.0 Å². The maximum atomic E-state index is 14.5. The molecule has 2 aromatic rings. The molecule has 2 rings (SSSR count). The molecule has 0 spiro atoms. The van der Waals surface area contributed by atoms with Gasteiger partial charge in [0.1, 0.15) is 5.82 Å². The van der Waals surface area contributed by atoms with Crippen molar-refractivity contribution in [3.8, 4) is 0 Å². The second kappa shape index (κ2) is 5.81. The van der Waals surface area contributed by atoms with Gasteiger partial charge in [-0.25, -0.2) is 9.37 Å². The zero-order valence-corrected chi connectivity index (χ0v) is 13.2. The summed E-state index contributed by atoms with van der Waals surface area (Å²) in [5, 5.41) is 10.5. The highest BCUT2D eigenvalue weighted by molar-refractivity contribution is 5.54. The van der Waals surface area contributed by atoms with Crippen molar-refractivity contribution in [1.82, 2.24) is 20.1 Å². The lowest BCUT2D eigenvalue weighted by molar-refractivity contribution is 0.418. The highest BCUT2D eigenvalue weighted by Gasteiger charge is 2.14. The minimum atomic E-state index is -0.340. The fourth-order valence-electron chi connectivity index (χ4n) is 1.92. The topological polar surface area (TPSA) is 54.8 Å². The molecular weight excluding hydrogens is 269 g/mol. The van der Waals surface area contributed by atoms with E-state index in [2.05, 4.69) is 20.7 Å². The van der Waals surface area contributed by atoms with Gasteiger partial charge >= 0.3 is 0 Å². The van der Waals surface area contributed by atoms with Gasteiger partial charge in [-0.05, 0) is 33.8 Å². The third-order valence-electron chi connectivity index (χ3n) is 3.03. The molecule has 2 N–H and O–H groups in total. The van der Waals surface area contributed by atoms with Crippen molar-refractivity contribution >= 4 is 11.6 Å². The number of hydrogen-bond acceptors (Lipinski definition) is 4. The number of hydrogen-bond donors (Lipinski definition) is 2. The van der Waals surface area contributed by atoms with E-state index < -0.39 is 0 Å². The molecule has 0 amide bonds. The van der Waals surface area contributed by atoms with Crippen LogP contribution in [0.1, 0.15) is 32.0 Å². The van der Waals surface area contributed by atoms with Crippen molar-refractivity contribution in [2.75, 3.05) is 5.32 Å². The van der Waals surface area contributed by atoms with Crippen LogP contribution < -0.4 is 10.6 Å². The number of nitrogens with one attached hydrogen (secondary N) is 2. The lowest BCUT2D eigenvalue weighted by Gasteiger charge is -2.21. The maximum Gasteiger partial charge on any atom is 0.170 e. The molecule has 0 unspecified atom stereocenters. The van der Waals surface area contributed by atoms with Crippen LogP contribution in [0.5, 0.6) is 0 Å². The largest absolute Gasteiger partial charge is 0.323 e. The molecule has 6 heteroatoms. The van der Waals surface area contributed by atoms with Crippen LogP contribution in [-0.4, -0.2) is 20.3 Å². The van der Waals surface area contributed by atoms with Crippen LogP contribution in [-0.2, 0) is 13.6 Å². The van der Waals surface area contributed by atoms with Crippen molar-refractivity contribution in [1.29, 1.82) is 0 Å². The van der Waals surface area contributed by atoms with Crippen LogP contribution in [0, 0.1) is 12.7 Å². The van der Waals surface area contributed by atoms with Crippen molar-refractivity contribution in [2.45, 2.75) is 39.8 Å². The number of halogens is 1. The molecule has 0 aromatic carbocycles. The van der Waals surface area contributed by atoms with Crippen LogP contribution in [0.25, 0.3) is 0 Å². The second-order valence-electron chi connectivity index (χ2n) is 6.16. The molecule has 114 valence electrons. The van der Waals surface area contributed by atoms with Crippen LogP contribution in [0.2, 0.25) is 0 Å². The van der Waals surface area contributed by atoms with E-state index >= 15 is 0 Å². The van der Waals surface area contributed by atoms with E-state index in [0.29, 0.717) is 17.9 Å². The van der Waals surface area contributed by atoms with E-state index in [0.717, 1.165) is 5.69 Å². The Balaban J connectivity index is 2.19. The molecule has 5 nitrogen and oxygen atoms in total. The number of anilines is 2. The smallest absolute Gasteiger partial charge is 0.170 e. The Morgan fingerprint density at radius 2 is 2.05 bits per heavy atom. The summed E-state index contributed by atoms with van der Waals surface area (Å²) >= 11 is 0. The van der Waals surface area contributed by atoms with E-state index in [-0.39, 0.29) is 17.2 Å². The van der Waals surface area contributed by atoms with Crippen LogP contribution >= 0.6 is 0 Å². The van der Waals surface area contributed by atoms with Crippen LogP contribution in [0.3, 0.4) is 0 Å². The molecule has 2 heterocycles. The minimum absolute atomic E-state index is 0.0670. The SMILES string of the molecule is Cc1cc(Nc2nccc(CNC(C)(C)C)c2F)n(C)n1. The fraction of sp³-hybridized carbons (Fsp3) is 0.467. The number of pyridine rings is 1. The van der Waals surface area contributed by atoms with Gasteiger partial charge in [0, 0.05) is 37.0 Å². The Labute approximate surface area is 124 Å². The van der Waals surface area contributed by atoms with Crippen molar-refractivity contribution < 1.29 is 4.39 Å². The molecule has 0 aliphatic rings. The summed E-state index contributed by atoms with van der Waals surface area (Å²) < 4.78 is 16.1. The molecule has 0 aliphatic carbocycles. The Hall–Kier alpha value is -1.95. The predicted octanol–water partition coefficient (Wildman–Crippen LogP) is 2.89. The predicted molar refractivity (Wildman–Crippen MR) is 82.0 cm³/mol. The van der Waals surface area contributed by atoms with E-state index in [9.17, 15) is 4.39 Å². The molecule has 2 aromatic heterocycles. The quantitative estimate of drug-likeness (QED) is 0.909. The van der Waals surface area contributed by atoms with Crippen molar-refractivity contribution in [2.24, 2.45) is 7.05 Å². The average molecular weight is 291 g/mol. The normalized spacial score (nSPS) is 11.7. The molecule has 21 heavy (non-hydrogen) atoms. The lowest BCUT2D eigenvalue weighted by Crippen LogP contribution is -2.35. The highest BCUT2D eigenvalue weighted by atomic mass is 19.1. The van der Waals surface area contributed by atoms with E-state index in [1.165, 1.54) is 0 Å². The van der Waals surface area contributed by atoms with Crippen molar-refractivity contribution in [3.05, 3.63) is 35.4 Å². The van der Waals surface area contributed by atoms with Crippen LogP contribution in [0.15, 0.2) is 18.3 Å². The summed E-state index contributed by atoms with van der Waals surface area (Å²) in [7, 11) is 1.80. The number of rotatable bonds is 4. The monoisotopic (exact) mass is 291 g/mol. The van der Waals surface area contributed by atoms with E-state index in [1.807, 2.05) is 33.8 Å². The Morgan fingerprint density at radius 1 is 1.33 bits per heavy atom. The summed E-state index contributed by atoms with van der Waals surface area (Å²) in [4.78, 5) is 4.07. The minimum Gasteiger partial charge on any atom is -0.323 e. The first-order chi connectivity index (χ1) is 9.76. The highest BCUT2D eigenvalue weighted by Crippen LogP contribution is 2.20. The van der Waals surface area contributed by atoms with Gasteiger partial charge in [-0.15, -0.1) is 0 Å². The standard InChI is InChI=1S/C15H22FN5/c1-10-8-12(21(5)20-10)19-14-13(16)11(6-7-17-14)9-18-15(2,3)4/h6-8,18H,9H2,1-5H3,(H,17,19). The first-order valence-electron chi connectivity index (χ1n) is 6.92. The first-order valence-corrected chi connectivity index (χ1v) is 6.92. The van der Waals surface area contributed by atoms with Gasteiger partial charge in [0.05, 0.1) is 5.69 Å². The summed E-state index contributed by atoms with van der Waals surface area (Å²) in [6.45, 7) is 8.48.